The molecular weight excluding hydrogens is 650 g/mol. The second-order valence-corrected chi connectivity index (χ2v) is 12.6. The van der Waals surface area contributed by atoms with Crippen LogP contribution in [0.3, 0.4) is 0 Å². The number of aromatic nitrogens is 3. The zero-order valence-corrected chi connectivity index (χ0v) is 27.3. The number of anilines is 1. The Bertz CT molecular complexity index is 1690. The smallest absolute Gasteiger partial charge is 0.543 e. The summed E-state index contributed by atoms with van der Waals surface area (Å²) in [5, 5.41) is 47.4. The molecule has 1 saturated heterocycles. The number of rotatable bonds is 10. The number of carboxylic acid groups (broad SMARTS) is 1. The number of nitrogens with zero attached hydrogens (tertiary/aromatic N) is 5. The minimum Gasteiger partial charge on any atom is -0.543 e. The van der Waals surface area contributed by atoms with Gasteiger partial charge < -0.3 is 36.0 Å². The molecule has 19 heteroatoms. The van der Waals surface area contributed by atoms with Crippen molar-refractivity contribution in [3.8, 4) is 34.4 Å². The topological polar surface area (TPSA) is 216 Å². The van der Waals surface area contributed by atoms with Crippen molar-refractivity contribution in [2.24, 2.45) is 5.16 Å². The third kappa shape index (κ3) is 6.93. The number of carbonyl (C=O) groups excluding carboxylic acids is 3. The van der Waals surface area contributed by atoms with Crippen LogP contribution in [0.2, 0.25) is 0 Å². The van der Waals surface area contributed by atoms with Crippen LogP contribution in [0.25, 0.3) is 10.6 Å². The summed E-state index contributed by atoms with van der Waals surface area (Å²) in [6.45, 7) is -0.204. The summed E-state index contributed by atoms with van der Waals surface area (Å²) >= 11 is 4.80. The molecule has 0 saturated carbocycles. The van der Waals surface area contributed by atoms with E-state index in [0.717, 1.165) is 16.2 Å². The van der Waals surface area contributed by atoms with Gasteiger partial charge in [-0.1, -0.05) is 34.2 Å². The van der Waals surface area contributed by atoms with Crippen LogP contribution >= 0.6 is 46.2 Å². The van der Waals surface area contributed by atoms with Gasteiger partial charge in [-0.25, -0.2) is 4.98 Å². The summed E-state index contributed by atoms with van der Waals surface area (Å²) < 4.78 is 0.525. The van der Waals surface area contributed by atoms with E-state index in [4.69, 9.17) is 17.0 Å². The number of carboxylic acids is 1. The Hall–Kier alpha value is -3.31. The van der Waals surface area contributed by atoms with Crippen LogP contribution in [-0.4, -0.2) is 83.3 Å². The molecule has 0 aliphatic carbocycles. The third-order valence-electron chi connectivity index (χ3n) is 5.81. The van der Waals surface area contributed by atoms with Gasteiger partial charge in [-0.2, -0.15) is 0 Å². The Balaban J connectivity index is 0.00000423. The molecule has 2 aromatic heterocycles. The Morgan fingerprint density at radius 1 is 1.33 bits per heavy atom. The zero-order valence-electron chi connectivity index (χ0n) is 22.0. The van der Waals surface area contributed by atoms with Gasteiger partial charge >= 0.3 is 29.6 Å². The maximum absolute atomic E-state index is 13.1. The molecule has 2 aliphatic rings. The molecule has 2 atom stereocenters. The van der Waals surface area contributed by atoms with Gasteiger partial charge in [-0.15, -0.1) is 39.7 Å². The van der Waals surface area contributed by atoms with Gasteiger partial charge in [0.05, 0.1) is 11.7 Å². The Morgan fingerprint density at radius 2 is 2.12 bits per heavy atom. The summed E-state index contributed by atoms with van der Waals surface area (Å²) in [5.41, 5.74) is 6.30. The average molecular weight is 668 g/mol. The minimum absolute atomic E-state index is 0. The van der Waals surface area contributed by atoms with Gasteiger partial charge in [0, 0.05) is 22.4 Å². The molecule has 216 valence electrons. The van der Waals surface area contributed by atoms with Crippen molar-refractivity contribution in [1.29, 1.82) is 0 Å². The number of amides is 2. The van der Waals surface area contributed by atoms with E-state index in [-0.39, 0.29) is 81.4 Å². The number of phenolic OH excluding ortho intramolecular Hbond substituents is 2. The molecule has 0 radical (unpaired) electrons. The number of hydrogen-bond donors (Lipinski definition) is 4. The standard InChI is InChI=1S/C24H19N7O7S4.Na/c1-2-5-38-30-15(12-9-40-23(25)26-12)18(34)27-16-20(35)31-17(22(36)37)11(7-39-21(16)31)8-41-24-29-28-19(42-24)10-3-4-13(32)14(33)6-10;/h1,3-4,6,9,16,21,32-33H,5,7-8H2,(H2,25,26)(H,27,34)(H,36,37);/q;+1/p-1/t16-,21-;/m1./s1. The Kier molecular flexibility index (Phi) is 10.6. The molecule has 2 aliphatic heterocycles. The van der Waals surface area contributed by atoms with Crippen LogP contribution in [0.5, 0.6) is 11.5 Å². The molecule has 14 nitrogen and oxygen atoms in total. The van der Waals surface area contributed by atoms with Crippen LogP contribution in [0.1, 0.15) is 5.69 Å². The Morgan fingerprint density at radius 3 is 2.79 bits per heavy atom. The number of carbonyl (C=O) groups is 3. The molecule has 5 N–H and O–H groups in total. The number of benzene rings is 1. The fraction of sp³-hybridized carbons (Fsp3) is 0.208. The Labute approximate surface area is 282 Å². The van der Waals surface area contributed by atoms with E-state index in [1.807, 2.05) is 0 Å². The molecule has 1 aromatic carbocycles. The summed E-state index contributed by atoms with van der Waals surface area (Å²) in [7, 11) is 0. The van der Waals surface area contributed by atoms with Crippen LogP contribution < -0.4 is 45.7 Å². The third-order valence-corrected chi connectivity index (χ3v) is 10.0. The van der Waals surface area contributed by atoms with Crippen LogP contribution in [0, 0.1) is 12.3 Å². The second-order valence-electron chi connectivity index (χ2n) is 8.45. The number of aromatic hydroxyl groups is 2. The van der Waals surface area contributed by atoms with Gasteiger partial charge in [0.1, 0.15) is 22.1 Å². The van der Waals surface area contributed by atoms with Gasteiger partial charge in [0.25, 0.3) is 11.8 Å². The monoisotopic (exact) mass is 667 g/mol. The number of aliphatic carboxylic acids is 1. The second kappa shape index (κ2) is 14.0. The fourth-order valence-electron chi connectivity index (χ4n) is 3.92. The van der Waals surface area contributed by atoms with Gasteiger partial charge in [-0.05, 0) is 23.8 Å². The van der Waals surface area contributed by atoms with E-state index in [1.165, 1.54) is 52.4 Å². The number of oxime groups is 1. The molecule has 3 aromatic rings. The van der Waals surface area contributed by atoms with Crippen LogP contribution in [0.15, 0.2) is 44.3 Å². The summed E-state index contributed by atoms with van der Waals surface area (Å²) in [6.07, 6.45) is 5.16. The van der Waals surface area contributed by atoms with Crippen molar-refractivity contribution in [2.75, 3.05) is 23.8 Å². The molecule has 2 amide bonds. The molecule has 4 heterocycles. The predicted molar refractivity (Wildman–Crippen MR) is 154 cm³/mol. The van der Waals surface area contributed by atoms with Crippen LogP contribution in [0.4, 0.5) is 5.13 Å². The molecular formula is C24H18N7NaO7S4. The number of phenols is 2. The molecule has 0 bridgehead atoms. The molecule has 43 heavy (non-hydrogen) atoms. The largest absolute Gasteiger partial charge is 1.00 e. The van der Waals surface area contributed by atoms with Crippen LogP contribution in [-0.2, 0) is 19.2 Å². The van der Waals surface area contributed by atoms with Crippen molar-refractivity contribution in [3.63, 3.8) is 0 Å². The van der Waals surface area contributed by atoms with Crippen molar-refractivity contribution >= 4 is 74.8 Å². The number of nitrogens with two attached hydrogens (primary N) is 1. The average Bonchev–Trinajstić information content (AvgIpc) is 3.62. The number of fused-ring (bicyclic) bond motifs is 1. The van der Waals surface area contributed by atoms with E-state index < -0.39 is 29.2 Å². The first-order chi connectivity index (χ1) is 20.2. The number of nitrogen functional groups attached to an aromatic ring is 1. The van der Waals surface area contributed by atoms with E-state index in [9.17, 15) is 29.7 Å². The summed E-state index contributed by atoms with van der Waals surface area (Å²) in [4.78, 5) is 48.3. The fourth-order valence-corrected chi connectivity index (χ4v) is 7.80. The van der Waals surface area contributed by atoms with Crippen molar-refractivity contribution in [2.45, 2.75) is 15.8 Å². The van der Waals surface area contributed by atoms with E-state index in [1.54, 1.807) is 6.07 Å². The van der Waals surface area contributed by atoms with E-state index in [0.29, 0.717) is 20.5 Å². The SMILES string of the molecule is C#CCON=C(C(=O)N[C@@H]1C(=O)N2C(C(=O)[O-])=C(CSc3nnc(-c4ccc(O)c(O)c4)s3)CS[C@H]12)c1csc(N)n1.[Na+]. The number of hydrogen-bond acceptors (Lipinski definition) is 16. The number of β-lactam (4-membered cyclic amide) rings is 1. The summed E-state index contributed by atoms with van der Waals surface area (Å²) in [5.74, 6) is -0.818. The van der Waals surface area contributed by atoms with Gasteiger partial charge in [-0.3, -0.25) is 14.5 Å². The van der Waals surface area contributed by atoms with Gasteiger partial charge in [0.15, 0.2) is 33.3 Å². The maximum Gasteiger partial charge on any atom is 1.00 e. The summed E-state index contributed by atoms with van der Waals surface area (Å²) in [6, 6.07) is 3.23. The molecule has 0 spiro atoms. The van der Waals surface area contributed by atoms with Crippen molar-refractivity contribution < 1.29 is 64.1 Å². The first kappa shape index (κ1) is 32.6. The van der Waals surface area contributed by atoms with E-state index in [2.05, 4.69) is 31.6 Å². The maximum atomic E-state index is 13.1. The minimum atomic E-state index is -1.52. The molecule has 1 fully saturated rings. The molecule has 5 rings (SSSR count). The normalized spacial score (nSPS) is 17.8. The predicted octanol–water partition coefficient (Wildman–Crippen LogP) is -2.79. The van der Waals surface area contributed by atoms with Crippen molar-refractivity contribution in [1.82, 2.24) is 25.4 Å². The molecule has 0 unspecified atom stereocenters. The van der Waals surface area contributed by atoms with Gasteiger partial charge in [0.2, 0.25) is 0 Å². The quantitative estimate of drug-likeness (QED) is 0.0252. The zero-order chi connectivity index (χ0) is 30.0. The first-order valence-electron chi connectivity index (χ1n) is 11.7. The number of thioether (sulfide) groups is 2. The van der Waals surface area contributed by atoms with E-state index >= 15 is 0 Å². The number of nitrogens with one attached hydrogen (secondary N) is 1. The number of thiazole rings is 1. The first-order valence-corrected chi connectivity index (χ1v) is 15.4. The number of terminal acetylenes is 1. The van der Waals surface area contributed by atoms with Crippen molar-refractivity contribution in [3.05, 3.63) is 40.5 Å².